The SMILES string of the molecule is N#Cc1ccc(Cl)cc1S(=O)(=O)N1CCCO1. The third-order valence-corrected chi connectivity index (χ3v) is 4.28. The van der Waals surface area contributed by atoms with Crippen molar-refractivity contribution in [3.05, 3.63) is 28.8 Å². The minimum absolute atomic E-state index is 0.0601. The number of hydroxylamine groups is 1. The molecule has 0 amide bonds. The van der Waals surface area contributed by atoms with Crippen LogP contribution in [0.25, 0.3) is 0 Å². The first kappa shape index (κ1) is 12.3. The molecule has 1 heterocycles. The molecule has 0 saturated carbocycles. The summed E-state index contributed by atoms with van der Waals surface area (Å²) in [6.07, 6.45) is 0.641. The van der Waals surface area contributed by atoms with Crippen LogP contribution in [-0.2, 0) is 14.9 Å². The highest BCUT2D eigenvalue weighted by Gasteiger charge is 2.31. The Balaban J connectivity index is 2.52. The average Bonchev–Trinajstić information content (AvgIpc) is 2.83. The fourth-order valence-corrected chi connectivity index (χ4v) is 3.23. The standard InChI is InChI=1S/C10H9ClN2O3S/c11-9-3-2-8(7-12)10(6-9)17(14,15)13-4-1-5-16-13/h2-3,6H,1,4-5H2. The quantitative estimate of drug-likeness (QED) is 0.819. The van der Waals surface area contributed by atoms with Crippen molar-refractivity contribution >= 4 is 21.6 Å². The fourth-order valence-electron chi connectivity index (χ4n) is 1.53. The van der Waals surface area contributed by atoms with Gasteiger partial charge in [0.15, 0.2) is 0 Å². The van der Waals surface area contributed by atoms with Gasteiger partial charge in [-0.3, -0.25) is 4.84 Å². The zero-order valence-electron chi connectivity index (χ0n) is 8.76. The molecule has 0 N–H and O–H groups in total. The molecular weight excluding hydrogens is 264 g/mol. The lowest BCUT2D eigenvalue weighted by molar-refractivity contribution is -0.0284. The van der Waals surface area contributed by atoms with Crippen LogP contribution in [0.1, 0.15) is 12.0 Å². The maximum absolute atomic E-state index is 12.2. The summed E-state index contributed by atoms with van der Waals surface area (Å²) in [5.41, 5.74) is 0.0601. The highest BCUT2D eigenvalue weighted by Crippen LogP contribution is 2.25. The second-order valence-corrected chi connectivity index (χ2v) is 5.70. The van der Waals surface area contributed by atoms with Gasteiger partial charge in [-0.15, -0.1) is 0 Å². The maximum Gasteiger partial charge on any atom is 0.266 e. The molecule has 0 unspecified atom stereocenters. The predicted molar refractivity (Wildman–Crippen MR) is 60.6 cm³/mol. The van der Waals surface area contributed by atoms with Crippen LogP contribution in [0.5, 0.6) is 0 Å². The van der Waals surface area contributed by atoms with Crippen molar-refractivity contribution in [1.29, 1.82) is 5.26 Å². The van der Waals surface area contributed by atoms with Gasteiger partial charge in [0, 0.05) is 11.6 Å². The molecule has 1 aromatic rings. The summed E-state index contributed by atoms with van der Waals surface area (Å²) in [6.45, 7) is 0.654. The van der Waals surface area contributed by atoms with Crippen LogP contribution in [0.2, 0.25) is 5.02 Å². The molecule has 1 aliphatic rings. The number of hydrogen-bond donors (Lipinski definition) is 0. The van der Waals surface area contributed by atoms with Crippen molar-refractivity contribution in [3.8, 4) is 6.07 Å². The monoisotopic (exact) mass is 272 g/mol. The largest absolute Gasteiger partial charge is 0.284 e. The molecular formula is C10H9ClN2O3S. The smallest absolute Gasteiger partial charge is 0.266 e. The number of nitrogens with zero attached hydrogens (tertiary/aromatic N) is 2. The first-order chi connectivity index (χ1) is 8.05. The van der Waals surface area contributed by atoms with E-state index in [9.17, 15) is 8.42 Å². The molecule has 0 bridgehead atoms. The fraction of sp³-hybridized carbons (Fsp3) is 0.300. The van der Waals surface area contributed by atoms with Gasteiger partial charge < -0.3 is 0 Å². The van der Waals surface area contributed by atoms with Gasteiger partial charge in [0.05, 0.1) is 12.2 Å². The normalized spacial score (nSPS) is 16.9. The molecule has 0 aliphatic carbocycles. The Labute approximate surface area is 104 Å². The zero-order chi connectivity index (χ0) is 12.5. The molecule has 1 aromatic carbocycles. The van der Waals surface area contributed by atoms with Crippen molar-refractivity contribution < 1.29 is 13.3 Å². The summed E-state index contributed by atoms with van der Waals surface area (Å²) in [5, 5.41) is 9.16. The van der Waals surface area contributed by atoms with Crippen molar-refractivity contribution in [2.75, 3.05) is 13.2 Å². The topological polar surface area (TPSA) is 70.4 Å². The molecule has 17 heavy (non-hydrogen) atoms. The van der Waals surface area contributed by atoms with Gasteiger partial charge in [-0.2, -0.15) is 5.26 Å². The van der Waals surface area contributed by atoms with Crippen LogP contribution in [-0.4, -0.2) is 26.0 Å². The van der Waals surface area contributed by atoms with Crippen LogP contribution in [0.15, 0.2) is 23.1 Å². The third-order valence-electron chi connectivity index (χ3n) is 2.33. The molecule has 5 nitrogen and oxygen atoms in total. The van der Waals surface area contributed by atoms with E-state index >= 15 is 0 Å². The van der Waals surface area contributed by atoms with Crippen molar-refractivity contribution in [1.82, 2.24) is 4.47 Å². The van der Waals surface area contributed by atoms with Crippen molar-refractivity contribution in [2.24, 2.45) is 0 Å². The summed E-state index contributed by atoms with van der Waals surface area (Å²) in [7, 11) is -3.80. The third kappa shape index (κ3) is 2.28. The molecule has 0 radical (unpaired) electrons. The molecule has 0 atom stereocenters. The van der Waals surface area contributed by atoms with Crippen LogP contribution >= 0.6 is 11.6 Å². The van der Waals surface area contributed by atoms with E-state index in [1.165, 1.54) is 18.2 Å². The second-order valence-electron chi connectivity index (χ2n) is 3.47. The lowest BCUT2D eigenvalue weighted by atomic mass is 10.2. The summed E-state index contributed by atoms with van der Waals surface area (Å²) in [4.78, 5) is 4.89. The minimum Gasteiger partial charge on any atom is -0.284 e. The molecule has 90 valence electrons. The van der Waals surface area contributed by atoms with E-state index in [0.717, 1.165) is 4.47 Å². The second kappa shape index (κ2) is 4.63. The summed E-state index contributed by atoms with van der Waals surface area (Å²) >= 11 is 5.75. The highest BCUT2D eigenvalue weighted by molar-refractivity contribution is 7.89. The van der Waals surface area contributed by atoms with Gasteiger partial charge >= 0.3 is 0 Å². The number of nitriles is 1. The maximum atomic E-state index is 12.2. The lowest BCUT2D eigenvalue weighted by Crippen LogP contribution is -2.27. The van der Waals surface area contributed by atoms with Crippen LogP contribution in [0, 0.1) is 11.3 Å². The average molecular weight is 273 g/mol. The van der Waals surface area contributed by atoms with E-state index in [1.54, 1.807) is 0 Å². The van der Waals surface area contributed by atoms with E-state index in [4.69, 9.17) is 21.7 Å². The molecule has 2 rings (SSSR count). The summed E-state index contributed by atoms with van der Waals surface area (Å²) < 4.78 is 25.2. The summed E-state index contributed by atoms with van der Waals surface area (Å²) in [5.74, 6) is 0. The number of benzene rings is 1. The van der Waals surface area contributed by atoms with Crippen LogP contribution in [0.4, 0.5) is 0 Å². The van der Waals surface area contributed by atoms with Gasteiger partial charge in [-0.1, -0.05) is 16.1 Å². The molecule has 0 aromatic heterocycles. The van der Waals surface area contributed by atoms with E-state index in [1.807, 2.05) is 6.07 Å². The van der Waals surface area contributed by atoms with Crippen molar-refractivity contribution in [3.63, 3.8) is 0 Å². The Kier molecular flexibility index (Phi) is 3.35. The number of hydrogen-bond acceptors (Lipinski definition) is 4. The van der Waals surface area contributed by atoms with Gasteiger partial charge in [-0.05, 0) is 24.6 Å². The zero-order valence-corrected chi connectivity index (χ0v) is 10.3. The molecule has 1 aliphatic heterocycles. The molecule has 1 saturated heterocycles. The predicted octanol–water partition coefficient (Wildman–Crippen LogP) is 1.54. The Morgan fingerprint density at radius 3 is 2.82 bits per heavy atom. The van der Waals surface area contributed by atoms with Gasteiger partial charge in [0.2, 0.25) is 0 Å². The van der Waals surface area contributed by atoms with Crippen LogP contribution in [0.3, 0.4) is 0 Å². The van der Waals surface area contributed by atoms with Gasteiger partial charge in [0.1, 0.15) is 11.0 Å². The highest BCUT2D eigenvalue weighted by atomic mass is 35.5. The Hall–Kier alpha value is -1.13. The van der Waals surface area contributed by atoms with Gasteiger partial charge in [0.25, 0.3) is 10.0 Å². The Morgan fingerprint density at radius 1 is 1.47 bits per heavy atom. The van der Waals surface area contributed by atoms with Crippen LogP contribution < -0.4 is 0 Å². The molecule has 0 spiro atoms. The Morgan fingerprint density at radius 2 is 2.24 bits per heavy atom. The Bertz CT molecular complexity index is 574. The first-order valence-corrected chi connectivity index (χ1v) is 6.73. The van der Waals surface area contributed by atoms with Crippen molar-refractivity contribution in [2.45, 2.75) is 11.3 Å². The number of sulfonamides is 1. The lowest BCUT2D eigenvalue weighted by Gasteiger charge is -2.15. The minimum atomic E-state index is -3.80. The van der Waals surface area contributed by atoms with Gasteiger partial charge in [-0.25, -0.2) is 8.42 Å². The number of halogens is 1. The van der Waals surface area contributed by atoms with E-state index in [0.29, 0.717) is 19.6 Å². The molecule has 1 fully saturated rings. The van der Waals surface area contributed by atoms with E-state index in [-0.39, 0.29) is 15.5 Å². The van der Waals surface area contributed by atoms with E-state index < -0.39 is 10.0 Å². The molecule has 7 heteroatoms. The number of rotatable bonds is 2. The first-order valence-electron chi connectivity index (χ1n) is 4.91. The summed E-state index contributed by atoms with van der Waals surface area (Å²) in [6, 6.07) is 5.95. The van der Waals surface area contributed by atoms with E-state index in [2.05, 4.69) is 0 Å².